The molecule has 1 aromatic heterocycles. The monoisotopic (exact) mass is 333 g/mol. The molecule has 1 saturated heterocycles. The summed E-state index contributed by atoms with van der Waals surface area (Å²) < 4.78 is 1.78. The summed E-state index contributed by atoms with van der Waals surface area (Å²) in [5.41, 5.74) is 1.78. The summed E-state index contributed by atoms with van der Waals surface area (Å²) in [6.07, 6.45) is 4.41. The molecule has 3 rings (SSSR count). The summed E-state index contributed by atoms with van der Waals surface area (Å²) in [4.78, 5) is 28.9. The van der Waals surface area contributed by atoms with E-state index in [1.807, 2.05) is 29.2 Å². The number of aromatic amines is 1. The maximum Gasteiger partial charge on any atom is 0.326 e. The SMILES string of the molecule is O=C(CSCCCn1c(=O)[nH]c2ccccc21)N1CCCCC1. The summed E-state index contributed by atoms with van der Waals surface area (Å²) >= 11 is 1.67. The number of thioether (sulfide) groups is 1. The fourth-order valence-electron chi connectivity index (χ4n) is 3.05. The molecule has 0 bridgehead atoms. The predicted molar refractivity (Wildman–Crippen MR) is 94.9 cm³/mol. The topological polar surface area (TPSA) is 58.1 Å². The molecule has 1 aliphatic heterocycles. The predicted octanol–water partition coefficient (Wildman–Crippen LogP) is 2.47. The van der Waals surface area contributed by atoms with E-state index in [1.165, 1.54) is 6.42 Å². The van der Waals surface area contributed by atoms with Gasteiger partial charge in [0.15, 0.2) is 0 Å². The van der Waals surface area contributed by atoms with Gasteiger partial charge in [0.1, 0.15) is 0 Å². The molecule has 0 spiro atoms. The Morgan fingerprint density at radius 3 is 2.78 bits per heavy atom. The number of nitrogens with zero attached hydrogens (tertiary/aromatic N) is 2. The summed E-state index contributed by atoms with van der Waals surface area (Å²) in [6.45, 7) is 2.53. The molecule has 0 saturated carbocycles. The number of hydrogen-bond acceptors (Lipinski definition) is 3. The van der Waals surface area contributed by atoms with Crippen molar-refractivity contribution in [2.75, 3.05) is 24.6 Å². The number of likely N-dealkylation sites (tertiary alicyclic amines) is 1. The van der Waals surface area contributed by atoms with Gasteiger partial charge in [0.25, 0.3) is 0 Å². The van der Waals surface area contributed by atoms with E-state index in [4.69, 9.17) is 0 Å². The van der Waals surface area contributed by atoms with Crippen LogP contribution in [0.15, 0.2) is 29.1 Å². The molecular formula is C17H23N3O2S. The van der Waals surface area contributed by atoms with E-state index in [0.717, 1.165) is 49.1 Å². The van der Waals surface area contributed by atoms with Crippen LogP contribution in [0.5, 0.6) is 0 Å². The summed E-state index contributed by atoms with van der Waals surface area (Å²) in [6, 6.07) is 7.74. The first kappa shape index (κ1) is 16.2. The number of rotatable bonds is 6. The van der Waals surface area contributed by atoms with Gasteiger partial charge in [-0.3, -0.25) is 9.36 Å². The van der Waals surface area contributed by atoms with Gasteiger partial charge < -0.3 is 9.88 Å². The second-order valence-corrected chi connectivity index (χ2v) is 7.05. The lowest BCUT2D eigenvalue weighted by Crippen LogP contribution is -2.36. The minimum Gasteiger partial charge on any atom is -0.342 e. The number of benzene rings is 1. The van der Waals surface area contributed by atoms with Crippen molar-refractivity contribution >= 4 is 28.7 Å². The number of carbonyl (C=O) groups excluding carboxylic acids is 1. The Morgan fingerprint density at radius 1 is 1.17 bits per heavy atom. The van der Waals surface area contributed by atoms with Crippen LogP contribution in [-0.4, -0.2) is 45.0 Å². The van der Waals surface area contributed by atoms with Crippen molar-refractivity contribution in [3.8, 4) is 0 Å². The quantitative estimate of drug-likeness (QED) is 0.826. The van der Waals surface area contributed by atoms with Crippen LogP contribution in [0.4, 0.5) is 0 Å². The van der Waals surface area contributed by atoms with Crippen LogP contribution in [0.1, 0.15) is 25.7 Å². The minimum absolute atomic E-state index is 0.0550. The van der Waals surface area contributed by atoms with Gasteiger partial charge in [-0.2, -0.15) is 11.8 Å². The van der Waals surface area contributed by atoms with E-state index in [1.54, 1.807) is 16.3 Å². The number of aromatic nitrogens is 2. The number of imidazole rings is 1. The van der Waals surface area contributed by atoms with E-state index >= 15 is 0 Å². The number of carbonyl (C=O) groups is 1. The van der Waals surface area contributed by atoms with Gasteiger partial charge in [-0.25, -0.2) is 4.79 Å². The second kappa shape index (κ2) is 7.73. The Morgan fingerprint density at radius 2 is 1.96 bits per heavy atom. The summed E-state index contributed by atoms with van der Waals surface area (Å²) in [5.74, 6) is 1.72. The first-order chi connectivity index (χ1) is 11.3. The lowest BCUT2D eigenvalue weighted by atomic mass is 10.1. The van der Waals surface area contributed by atoms with Crippen LogP contribution in [0.25, 0.3) is 11.0 Å². The number of amides is 1. The zero-order valence-electron chi connectivity index (χ0n) is 13.3. The molecule has 2 heterocycles. The molecule has 1 N–H and O–H groups in total. The average Bonchev–Trinajstić information content (AvgIpc) is 2.91. The molecule has 1 amide bonds. The van der Waals surface area contributed by atoms with Crippen LogP contribution < -0.4 is 5.69 Å². The van der Waals surface area contributed by atoms with Gasteiger partial charge in [0.05, 0.1) is 16.8 Å². The van der Waals surface area contributed by atoms with Crippen LogP contribution in [0, 0.1) is 0 Å². The Balaban J connectivity index is 1.43. The van der Waals surface area contributed by atoms with E-state index < -0.39 is 0 Å². The lowest BCUT2D eigenvalue weighted by molar-refractivity contribution is -0.129. The molecule has 1 fully saturated rings. The van der Waals surface area contributed by atoms with Crippen molar-refractivity contribution in [3.05, 3.63) is 34.7 Å². The highest BCUT2D eigenvalue weighted by Crippen LogP contribution is 2.13. The van der Waals surface area contributed by atoms with Crippen molar-refractivity contribution in [1.29, 1.82) is 0 Å². The fourth-order valence-corrected chi connectivity index (χ4v) is 3.88. The van der Waals surface area contributed by atoms with Gasteiger partial charge in [-0.05, 0) is 43.6 Å². The number of H-pyrrole nitrogens is 1. The van der Waals surface area contributed by atoms with E-state index in [9.17, 15) is 9.59 Å². The van der Waals surface area contributed by atoms with Crippen LogP contribution in [0.2, 0.25) is 0 Å². The Kier molecular flexibility index (Phi) is 5.43. The van der Waals surface area contributed by atoms with Gasteiger partial charge in [-0.15, -0.1) is 0 Å². The molecule has 0 atom stereocenters. The van der Waals surface area contributed by atoms with Crippen molar-refractivity contribution in [2.45, 2.75) is 32.2 Å². The first-order valence-electron chi connectivity index (χ1n) is 8.29. The largest absolute Gasteiger partial charge is 0.342 e. The normalized spacial score (nSPS) is 15.2. The highest BCUT2D eigenvalue weighted by atomic mass is 32.2. The molecule has 23 heavy (non-hydrogen) atoms. The van der Waals surface area contributed by atoms with E-state index in [0.29, 0.717) is 12.3 Å². The maximum absolute atomic E-state index is 12.1. The molecule has 124 valence electrons. The van der Waals surface area contributed by atoms with Gasteiger partial charge >= 0.3 is 5.69 Å². The first-order valence-corrected chi connectivity index (χ1v) is 9.44. The van der Waals surface area contributed by atoms with E-state index in [2.05, 4.69) is 4.98 Å². The average molecular weight is 333 g/mol. The summed E-state index contributed by atoms with van der Waals surface area (Å²) in [7, 11) is 0. The van der Waals surface area contributed by atoms with Crippen LogP contribution >= 0.6 is 11.8 Å². The van der Waals surface area contributed by atoms with Crippen molar-refractivity contribution in [1.82, 2.24) is 14.5 Å². The highest BCUT2D eigenvalue weighted by Gasteiger charge is 2.15. The summed E-state index contributed by atoms with van der Waals surface area (Å²) in [5, 5.41) is 0. The molecule has 1 aromatic carbocycles. The zero-order valence-corrected chi connectivity index (χ0v) is 14.1. The van der Waals surface area contributed by atoms with Crippen molar-refractivity contribution in [2.24, 2.45) is 0 Å². The molecule has 0 unspecified atom stereocenters. The van der Waals surface area contributed by atoms with Gasteiger partial charge in [0.2, 0.25) is 5.91 Å². The van der Waals surface area contributed by atoms with Crippen molar-refractivity contribution in [3.63, 3.8) is 0 Å². The Bertz CT molecular complexity index is 716. The van der Waals surface area contributed by atoms with Crippen LogP contribution in [-0.2, 0) is 11.3 Å². The Labute approximate surface area is 140 Å². The third kappa shape index (κ3) is 3.99. The number of aryl methyl sites for hydroxylation is 1. The molecule has 2 aromatic rings. The van der Waals surface area contributed by atoms with Gasteiger partial charge in [0, 0.05) is 19.6 Å². The number of hydrogen-bond donors (Lipinski definition) is 1. The number of fused-ring (bicyclic) bond motifs is 1. The number of nitrogens with one attached hydrogen (secondary N) is 1. The second-order valence-electron chi connectivity index (χ2n) is 5.95. The molecule has 5 nitrogen and oxygen atoms in total. The standard InChI is InChI=1S/C17H23N3O2S/c21-16(19-9-4-1-5-10-19)13-23-12-6-11-20-15-8-3-2-7-14(15)18-17(20)22/h2-3,7-8H,1,4-6,9-13H2,(H,18,22). The van der Waals surface area contributed by atoms with Crippen molar-refractivity contribution < 1.29 is 4.79 Å². The van der Waals surface area contributed by atoms with E-state index in [-0.39, 0.29) is 11.6 Å². The minimum atomic E-state index is -0.0550. The fraction of sp³-hybridized carbons (Fsp3) is 0.529. The number of para-hydroxylation sites is 2. The number of piperidine rings is 1. The van der Waals surface area contributed by atoms with Crippen LogP contribution in [0.3, 0.4) is 0 Å². The zero-order chi connectivity index (χ0) is 16.1. The molecule has 1 aliphatic rings. The van der Waals surface area contributed by atoms with Gasteiger partial charge in [-0.1, -0.05) is 12.1 Å². The Hall–Kier alpha value is -1.69. The maximum atomic E-state index is 12.1. The lowest BCUT2D eigenvalue weighted by Gasteiger charge is -2.26. The molecule has 0 aliphatic carbocycles. The third-order valence-electron chi connectivity index (χ3n) is 4.29. The smallest absolute Gasteiger partial charge is 0.326 e. The third-order valence-corrected chi connectivity index (χ3v) is 5.31. The molecule has 6 heteroatoms. The highest BCUT2D eigenvalue weighted by molar-refractivity contribution is 7.99. The molecule has 0 radical (unpaired) electrons. The molecular weight excluding hydrogens is 310 g/mol.